The van der Waals surface area contributed by atoms with Crippen molar-refractivity contribution in [2.45, 2.75) is 18.9 Å². The average Bonchev–Trinajstić information content (AvgIpc) is 2.71. The Balaban J connectivity index is 2.14. The molecule has 2 atom stereocenters. The van der Waals surface area contributed by atoms with Gasteiger partial charge in [-0.05, 0) is 37.4 Å². The van der Waals surface area contributed by atoms with E-state index in [1.807, 2.05) is 0 Å². The van der Waals surface area contributed by atoms with Crippen LogP contribution in [-0.2, 0) is 16.3 Å². The molecule has 1 aromatic carbocycles. The summed E-state index contributed by atoms with van der Waals surface area (Å²) in [5, 5.41) is 3.26. The summed E-state index contributed by atoms with van der Waals surface area (Å²) in [5.74, 6) is 0.0698. The van der Waals surface area contributed by atoms with Crippen molar-refractivity contribution in [1.82, 2.24) is 5.32 Å². The molecule has 0 aromatic heterocycles. The quantitative estimate of drug-likeness (QED) is 0.926. The van der Waals surface area contributed by atoms with Crippen molar-refractivity contribution in [3.05, 3.63) is 34.6 Å². The van der Waals surface area contributed by atoms with E-state index in [9.17, 15) is 12.8 Å². The van der Waals surface area contributed by atoms with Gasteiger partial charge in [-0.2, -0.15) is 0 Å². The topological polar surface area (TPSA) is 46.2 Å². The first kappa shape index (κ1) is 14.8. The SMILES string of the molecule is CNC(Cc1cccc(F)c1Cl)C1CCS(=O)(=O)C1. The monoisotopic (exact) mass is 305 g/mol. The summed E-state index contributed by atoms with van der Waals surface area (Å²) in [6, 6.07) is 4.71. The maximum absolute atomic E-state index is 13.4. The minimum Gasteiger partial charge on any atom is -0.316 e. The summed E-state index contributed by atoms with van der Waals surface area (Å²) in [7, 11) is -1.11. The smallest absolute Gasteiger partial charge is 0.150 e. The highest BCUT2D eigenvalue weighted by molar-refractivity contribution is 7.91. The lowest BCUT2D eigenvalue weighted by atomic mass is 9.93. The molecule has 2 unspecified atom stereocenters. The van der Waals surface area contributed by atoms with E-state index in [0.29, 0.717) is 18.4 Å². The highest BCUT2D eigenvalue weighted by Crippen LogP contribution is 2.27. The Labute approximate surface area is 118 Å². The van der Waals surface area contributed by atoms with Crippen molar-refractivity contribution in [1.29, 1.82) is 0 Å². The number of likely N-dealkylation sites (N-methyl/N-ethyl adjacent to an activating group) is 1. The van der Waals surface area contributed by atoms with Gasteiger partial charge in [-0.3, -0.25) is 0 Å². The van der Waals surface area contributed by atoms with E-state index in [1.54, 1.807) is 19.2 Å². The molecule has 19 heavy (non-hydrogen) atoms. The molecule has 2 rings (SSSR count). The van der Waals surface area contributed by atoms with Crippen molar-refractivity contribution in [3.63, 3.8) is 0 Å². The van der Waals surface area contributed by atoms with Gasteiger partial charge in [-0.1, -0.05) is 23.7 Å². The Kier molecular flexibility index (Phi) is 4.48. The highest BCUT2D eigenvalue weighted by Gasteiger charge is 2.33. The molecular weight excluding hydrogens is 289 g/mol. The molecule has 1 aromatic rings. The molecular formula is C13H17ClFNO2S. The number of hydrogen-bond acceptors (Lipinski definition) is 3. The Morgan fingerprint density at radius 2 is 2.26 bits per heavy atom. The molecule has 0 amide bonds. The molecule has 0 spiro atoms. The number of halogens is 2. The second kappa shape index (κ2) is 5.77. The zero-order valence-electron chi connectivity index (χ0n) is 10.7. The van der Waals surface area contributed by atoms with Crippen LogP contribution in [0.3, 0.4) is 0 Å². The van der Waals surface area contributed by atoms with E-state index < -0.39 is 15.7 Å². The third-order valence-corrected chi connectivity index (χ3v) is 5.90. The van der Waals surface area contributed by atoms with E-state index in [1.165, 1.54) is 6.07 Å². The zero-order valence-corrected chi connectivity index (χ0v) is 12.3. The van der Waals surface area contributed by atoms with Gasteiger partial charge in [0.05, 0.1) is 16.5 Å². The summed E-state index contributed by atoms with van der Waals surface area (Å²) in [4.78, 5) is 0. The fourth-order valence-electron chi connectivity index (χ4n) is 2.59. The second-order valence-corrected chi connectivity index (χ2v) is 7.58. The maximum atomic E-state index is 13.4. The fraction of sp³-hybridized carbons (Fsp3) is 0.538. The molecule has 3 nitrogen and oxygen atoms in total. The largest absolute Gasteiger partial charge is 0.316 e. The zero-order chi connectivity index (χ0) is 14.0. The average molecular weight is 306 g/mol. The van der Waals surface area contributed by atoms with E-state index >= 15 is 0 Å². The third kappa shape index (κ3) is 3.46. The van der Waals surface area contributed by atoms with Crippen LogP contribution in [0.5, 0.6) is 0 Å². The van der Waals surface area contributed by atoms with Crippen LogP contribution in [0, 0.1) is 11.7 Å². The lowest BCUT2D eigenvalue weighted by Gasteiger charge is -2.22. The predicted molar refractivity (Wildman–Crippen MR) is 74.7 cm³/mol. The first-order valence-corrected chi connectivity index (χ1v) is 8.43. The van der Waals surface area contributed by atoms with Gasteiger partial charge in [0, 0.05) is 6.04 Å². The summed E-state index contributed by atoms with van der Waals surface area (Å²) in [6.07, 6.45) is 1.19. The van der Waals surface area contributed by atoms with E-state index in [2.05, 4.69) is 5.32 Å². The summed E-state index contributed by atoms with van der Waals surface area (Å²) < 4.78 is 36.4. The maximum Gasteiger partial charge on any atom is 0.150 e. The summed E-state index contributed by atoms with van der Waals surface area (Å²) in [5.41, 5.74) is 0.713. The molecule has 1 heterocycles. The van der Waals surface area contributed by atoms with Crippen LogP contribution < -0.4 is 5.32 Å². The molecule has 106 valence electrons. The summed E-state index contributed by atoms with van der Waals surface area (Å²) >= 11 is 5.94. The van der Waals surface area contributed by atoms with Crippen molar-refractivity contribution in [2.24, 2.45) is 5.92 Å². The molecule has 0 saturated carbocycles. The minimum absolute atomic E-state index is 0.00317. The van der Waals surface area contributed by atoms with Crippen molar-refractivity contribution < 1.29 is 12.8 Å². The van der Waals surface area contributed by atoms with Gasteiger partial charge in [0.15, 0.2) is 9.84 Å². The van der Waals surface area contributed by atoms with Gasteiger partial charge < -0.3 is 5.32 Å². The predicted octanol–water partition coefficient (Wildman–Crippen LogP) is 2.04. The standard InChI is InChI=1S/C13H17ClFNO2S/c1-16-12(10-5-6-19(17,18)8-10)7-9-3-2-4-11(15)13(9)14/h2-4,10,12,16H,5-8H2,1H3. The molecule has 1 saturated heterocycles. The van der Waals surface area contributed by atoms with Gasteiger partial charge in [0.2, 0.25) is 0 Å². The van der Waals surface area contributed by atoms with Crippen molar-refractivity contribution >= 4 is 21.4 Å². The minimum atomic E-state index is -2.91. The third-order valence-electron chi connectivity index (χ3n) is 3.68. The number of benzene rings is 1. The van der Waals surface area contributed by atoms with Crippen LogP contribution in [0.4, 0.5) is 4.39 Å². The van der Waals surface area contributed by atoms with Crippen LogP contribution in [-0.4, -0.2) is 33.0 Å². The Bertz CT molecular complexity index is 562. The van der Waals surface area contributed by atoms with Gasteiger partial charge in [0.1, 0.15) is 5.82 Å². The van der Waals surface area contributed by atoms with Gasteiger partial charge in [-0.15, -0.1) is 0 Å². The van der Waals surface area contributed by atoms with E-state index in [-0.39, 0.29) is 28.5 Å². The first-order valence-electron chi connectivity index (χ1n) is 6.23. The highest BCUT2D eigenvalue weighted by atomic mass is 35.5. The van der Waals surface area contributed by atoms with Crippen molar-refractivity contribution in [3.8, 4) is 0 Å². The van der Waals surface area contributed by atoms with Crippen LogP contribution in [0.2, 0.25) is 5.02 Å². The van der Waals surface area contributed by atoms with E-state index in [0.717, 1.165) is 0 Å². The number of rotatable bonds is 4. The number of hydrogen-bond donors (Lipinski definition) is 1. The molecule has 0 bridgehead atoms. The number of sulfone groups is 1. The van der Waals surface area contributed by atoms with Crippen LogP contribution in [0.15, 0.2) is 18.2 Å². The second-order valence-electron chi connectivity index (χ2n) is 4.98. The Morgan fingerprint density at radius 3 is 2.84 bits per heavy atom. The molecule has 1 N–H and O–H groups in total. The first-order chi connectivity index (χ1) is 8.93. The Morgan fingerprint density at radius 1 is 1.53 bits per heavy atom. The number of nitrogens with one attached hydrogen (secondary N) is 1. The van der Waals surface area contributed by atoms with Gasteiger partial charge in [-0.25, -0.2) is 12.8 Å². The summed E-state index contributed by atoms with van der Waals surface area (Å²) in [6.45, 7) is 0. The molecule has 6 heteroatoms. The lowest BCUT2D eigenvalue weighted by molar-refractivity contribution is 0.402. The normalized spacial score (nSPS) is 23.4. The van der Waals surface area contributed by atoms with Crippen LogP contribution in [0.1, 0.15) is 12.0 Å². The van der Waals surface area contributed by atoms with Gasteiger partial charge in [0.25, 0.3) is 0 Å². The van der Waals surface area contributed by atoms with Crippen LogP contribution >= 0.6 is 11.6 Å². The van der Waals surface area contributed by atoms with Gasteiger partial charge >= 0.3 is 0 Å². The van der Waals surface area contributed by atoms with Crippen molar-refractivity contribution in [2.75, 3.05) is 18.6 Å². The molecule has 1 aliphatic rings. The Hall–Kier alpha value is -0.650. The van der Waals surface area contributed by atoms with E-state index in [4.69, 9.17) is 11.6 Å². The molecule has 1 fully saturated rings. The molecule has 0 aliphatic carbocycles. The molecule has 1 aliphatic heterocycles. The fourth-order valence-corrected chi connectivity index (χ4v) is 4.67. The lowest BCUT2D eigenvalue weighted by Crippen LogP contribution is -2.36. The van der Waals surface area contributed by atoms with Crippen LogP contribution in [0.25, 0.3) is 0 Å². The molecule has 0 radical (unpaired) electrons.